The Morgan fingerprint density at radius 1 is 1.00 bits per heavy atom. The molecule has 2 aromatic carbocycles. The van der Waals surface area contributed by atoms with Gasteiger partial charge in [-0.15, -0.1) is 0 Å². The molecule has 146 valence electrons. The van der Waals surface area contributed by atoms with Crippen molar-refractivity contribution in [2.45, 2.75) is 32.2 Å². The molecule has 0 unspecified atom stereocenters. The van der Waals surface area contributed by atoms with E-state index in [1.165, 1.54) is 5.56 Å². The Kier molecular flexibility index (Phi) is 6.75. The van der Waals surface area contributed by atoms with Crippen LogP contribution in [-0.2, 0) is 13.0 Å². The average molecular weight is 370 g/mol. The molecule has 1 saturated heterocycles. The second-order valence-electron chi connectivity index (χ2n) is 7.60. The number of ether oxygens (including phenoxy) is 2. The lowest BCUT2D eigenvalue weighted by Crippen LogP contribution is -2.42. The lowest BCUT2D eigenvalue weighted by Gasteiger charge is -2.41. The Morgan fingerprint density at radius 3 is 2.37 bits per heavy atom. The molecule has 1 N–H and O–H groups in total. The van der Waals surface area contributed by atoms with Crippen molar-refractivity contribution in [3.63, 3.8) is 0 Å². The minimum Gasteiger partial charge on any atom is -0.497 e. The van der Waals surface area contributed by atoms with Crippen LogP contribution < -0.4 is 9.47 Å². The second kappa shape index (κ2) is 9.25. The van der Waals surface area contributed by atoms with Crippen LogP contribution in [0.25, 0.3) is 0 Å². The summed E-state index contributed by atoms with van der Waals surface area (Å²) in [6.45, 7) is 3.11. The quantitative estimate of drug-likeness (QED) is 0.766. The summed E-state index contributed by atoms with van der Waals surface area (Å²) in [5, 5.41) is 10.1. The van der Waals surface area contributed by atoms with E-state index in [0.717, 1.165) is 62.4 Å². The fourth-order valence-electron chi connectivity index (χ4n) is 3.97. The number of piperidine rings is 1. The van der Waals surface area contributed by atoms with Gasteiger partial charge >= 0.3 is 0 Å². The van der Waals surface area contributed by atoms with Gasteiger partial charge in [-0.1, -0.05) is 30.3 Å². The summed E-state index contributed by atoms with van der Waals surface area (Å²) in [5.74, 6) is 1.76. The number of aliphatic hydroxyl groups excluding tert-OH is 1. The van der Waals surface area contributed by atoms with Gasteiger partial charge in [0, 0.05) is 18.7 Å². The van der Waals surface area contributed by atoms with Gasteiger partial charge in [0.1, 0.15) is 11.5 Å². The third-order valence-electron chi connectivity index (χ3n) is 5.92. The molecule has 0 atom stereocenters. The van der Waals surface area contributed by atoms with E-state index in [-0.39, 0.29) is 12.0 Å². The summed E-state index contributed by atoms with van der Waals surface area (Å²) >= 11 is 0. The summed E-state index contributed by atoms with van der Waals surface area (Å²) in [6, 6.07) is 16.5. The normalized spacial score (nSPS) is 16.9. The first-order valence-electron chi connectivity index (χ1n) is 9.76. The smallest absolute Gasteiger partial charge is 0.123 e. The largest absolute Gasteiger partial charge is 0.497 e. The number of aliphatic hydroxyl groups is 1. The SMILES string of the molecule is COc1ccc(OC)c(CN2CCC(CO)(CCc3ccccc3)CC2)c1. The van der Waals surface area contributed by atoms with Crippen LogP contribution in [0.5, 0.6) is 11.5 Å². The highest BCUT2D eigenvalue weighted by Gasteiger charge is 2.33. The zero-order chi connectivity index (χ0) is 19.1. The molecule has 1 fully saturated rings. The number of methoxy groups -OCH3 is 2. The molecule has 4 heteroatoms. The van der Waals surface area contributed by atoms with Gasteiger partial charge in [-0.2, -0.15) is 0 Å². The highest BCUT2D eigenvalue weighted by Crippen LogP contribution is 2.37. The third-order valence-corrected chi connectivity index (χ3v) is 5.92. The van der Waals surface area contributed by atoms with Crippen LogP contribution in [0.4, 0.5) is 0 Å². The molecule has 0 aliphatic carbocycles. The Bertz CT molecular complexity index is 709. The molecule has 0 saturated carbocycles. The van der Waals surface area contributed by atoms with Crippen LogP contribution in [-0.4, -0.2) is 43.9 Å². The number of aryl methyl sites for hydroxylation is 1. The molecule has 3 rings (SSSR count). The van der Waals surface area contributed by atoms with Crippen molar-refractivity contribution in [2.75, 3.05) is 33.9 Å². The fourth-order valence-corrected chi connectivity index (χ4v) is 3.97. The van der Waals surface area contributed by atoms with Crippen LogP contribution in [0, 0.1) is 5.41 Å². The number of hydrogen-bond acceptors (Lipinski definition) is 4. The average Bonchev–Trinajstić information content (AvgIpc) is 2.74. The van der Waals surface area contributed by atoms with Crippen LogP contribution in [0.1, 0.15) is 30.4 Å². The van der Waals surface area contributed by atoms with Crippen molar-refractivity contribution < 1.29 is 14.6 Å². The second-order valence-corrected chi connectivity index (χ2v) is 7.60. The van der Waals surface area contributed by atoms with Gasteiger partial charge in [0.2, 0.25) is 0 Å². The zero-order valence-corrected chi connectivity index (χ0v) is 16.5. The van der Waals surface area contributed by atoms with Crippen LogP contribution >= 0.6 is 0 Å². The van der Waals surface area contributed by atoms with E-state index in [0.29, 0.717) is 0 Å². The number of benzene rings is 2. The highest BCUT2D eigenvalue weighted by molar-refractivity contribution is 5.40. The van der Waals surface area contributed by atoms with Crippen LogP contribution in [0.2, 0.25) is 0 Å². The molecule has 0 amide bonds. The third kappa shape index (κ3) is 5.02. The Hall–Kier alpha value is -2.04. The van der Waals surface area contributed by atoms with E-state index in [1.807, 2.05) is 12.1 Å². The van der Waals surface area contributed by atoms with Crippen molar-refractivity contribution in [2.24, 2.45) is 5.41 Å². The van der Waals surface area contributed by atoms with Gasteiger partial charge < -0.3 is 14.6 Å². The molecule has 0 spiro atoms. The van der Waals surface area contributed by atoms with Gasteiger partial charge in [-0.25, -0.2) is 0 Å². The van der Waals surface area contributed by atoms with Gasteiger partial charge in [-0.05, 0) is 68.0 Å². The maximum atomic E-state index is 10.1. The number of rotatable bonds is 8. The first kappa shape index (κ1) is 19.7. The van der Waals surface area contributed by atoms with Gasteiger partial charge in [0.05, 0.1) is 14.2 Å². The fraction of sp³-hybridized carbons (Fsp3) is 0.478. The molecule has 4 nitrogen and oxygen atoms in total. The molecule has 1 heterocycles. The summed E-state index contributed by atoms with van der Waals surface area (Å²) in [4.78, 5) is 2.45. The highest BCUT2D eigenvalue weighted by atomic mass is 16.5. The summed E-state index contributed by atoms with van der Waals surface area (Å²) in [7, 11) is 3.40. The zero-order valence-electron chi connectivity index (χ0n) is 16.5. The van der Waals surface area contributed by atoms with E-state index in [9.17, 15) is 5.11 Å². The summed E-state index contributed by atoms with van der Waals surface area (Å²) in [6.07, 6.45) is 4.14. The van der Waals surface area contributed by atoms with E-state index in [2.05, 4.69) is 41.3 Å². The van der Waals surface area contributed by atoms with E-state index < -0.39 is 0 Å². The van der Waals surface area contributed by atoms with Crippen molar-refractivity contribution >= 4 is 0 Å². The first-order chi connectivity index (χ1) is 13.2. The predicted octanol–water partition coefficient (Wildman–Crippen LogP) is 3.91. The van der Waals surface area contributed by atoms with E-state index in [1.54, 1.807) is 14.2 Å². The van der Waals surface area contributed by atoms with Gasteiger partial charge in [0.15, 0.2) is 0 Å². The topological polar surface area (TPSA) is 41.9 Å². The molecule has 1 aliphatic rings. The van der Waals surface area contributed by atoms with Crippen LogP contribution in [0.3, 0.4) is 0 Å². The lowest BCUT2D eigenvalue weighted by atomic mass is 9.75. The Balaban J connectivity index is 1.59. The van der Waals surface area contributed by atoms with Crippen LogP contribution in [0.15, 0.2) is 48.5 Å². The summed E-state index contributed by atoms with van der Waals surface area (Å²) in [5.41, 5.74) is 2.55. The molecule has 1 aliphatic heterocycles. The minimum absolute atomic E-state index is 0.0464. The van der Waals surface area contributed by atoms with E-state index in [4.69, 9.17) is 9.47 Å². The molecule has 0 aromatic heterocycles. The van der Waals surface area contributed by atoms with Crippen molar-refractivity contribution in [1.29, 1.82) is 0 Å². The number of likely N-dealkylation sites (tertiary alicyclic amines) is 1. The molecule has 0 radical (unpaired) electrons. The standard InChI is InChI=1S/C23H31NO3/c1-26-21-8-9-22(27-2)20(16-21)17-24-14-12-23(18-25,13-15-24)11-10-19-6-4-3-5-7-19/h3-9,16,25H,10-15,17-18H2,1-2H3. The Labute approximate surface area is 162 Å². The minimum atomic E-state index is 0.0464. The number of nitrogens with zero attached hydrogens (tertiary/aromatic N) is 1. The lowest BCUT2D eigenvalue weighted by molar-refractivity contribution is 0.0344. The maximum Gasteiger partial charge on any atom is 0.123 e. The molecular formula is C23H31NO3. The molecule has 2 aromatic rings. The van der Waals surface area contributed by atoms with Gasteiger partial charge in [0.25, 0.3) is 0 Å². The molecule has 0 bridgehead atoms. The van der Waals surface area contributed by atoms with Gasteiger partial charge in [-0.3, -0.25) is 4.90 Å². The van der Waals surface area contributed by atoms with Crippen molar-refractivity contribution in [3.8, 4) is 11.5 Å². The Morgan fingerprint density at radius 2 is 1.74 bits per heavy atom. The predicted molar refractivity (Wildman–Crippen MR) is 108 cm³/mol. The number of hydrogen-bond donors (Lipinski definition) is 1. The van der Waals surface area contributed by atoms with Crippen molar-refractivity contribution in [1.82, 2.24) is 4.90 Å². The first-order valence-corrected chi connectivity index (χ1v) is 9.76. The van der Waals surface area contributed by atoms with Crippen molar-refractivity contribution in [3.05, 3.63) is 59.7 Å². The molecular weight excluding hydrogens is 338 g/mol. The summed E-state index contributed by atoms with van der Waals surface area (Å²) < 4.78 is 10.9. The maximum absolute atomic E-state index is 10.1. The monoisotopic (exact) mass is 369 g/mol. The van der Waals surface area contributed by atoms with E-state index >= 15 is 0 Å². The molecule has 27 heavy (non-hydrogen) atoms.